The summed E-state index contributed by atoms with van der Waals surface area (Å²) in [5, 5.41) is 8.56. The normalized spacial score (nSPS) is 19.3. The van der Waals surface area contributed by atoms with Crippen LogP contribution >= 0.6 is 0 Å². The number of carbonyl (C=O) groups is 2. The van der Waals surface area contributed by atoms with E-state index in [9.17, 15) is 9.59 Å². The van der Waals surface area contributed by atoms with Crippen molar-refractivity contribution in [3.05, 3.63) is 0 Å². The van der Waals surface area contributed by atoms with Crippen molar-refractivity contribution >= 4 is 11.7 Å². The van der Waals surface area contributed by atoms with Crippen molar-refractivity contribution < 1.29 is 9.59 Å². The number of ketones is 1. The molecule has 1 amide bonds. The van der Waals surface area contributed by atoms with E-state index in [-0.39, 0.29) is 24.0 Å². The first-order chi connectivity index (χ1) is 6.63. The first-order valence-corrected chi connectivity index (χ1v) is 4.82. The highest BCUT2D eigenvalue weighted by Crippen LogP contribution is 2.10. The van der Waals surface area contributed by atoms with Crippen LogP contribution in [0.15, 0.2) is 0 Å². The second-order valence-electron chi connectivity index (χ2n) is 3.67. The number of nitrogens with zero attached hydrogens (tertiary/aromatic N) is 2. The third-order valence-electron chi connectivity index (χ3n) is 2.41. The summed E-state index contributed by atoms with van der Waals surface area (Å²) in [7, 11) is 0. The maximum absolute atomic E-state index is 11.3. The van der Waals surface area contributed by atoms with Crippen molar-refractivity contribution in [1.82, 2.24) is 4.90 Å². The van der Waals surface area contributed by atoms with Gasteiger partial charge in [-0.05, 0) is 13.3 Å². The molecule has 76 valence electrons. The average molecular weight is 194 g/mol. The molecule has 0 aliphatic carbocycles. The van der Waals surface area contributed by atoms with Crippen LogP contribution in [0, 0.1) is 17.2 Å². The molecular formula is C10H14N2O2. The predicted octanol–water partition coefficient (Wildman–Crippen LogP) is 0.728. The maximum Gasteiger partial charge on any atom is 0.230 e. The van der Waals surface area contributed by atoms with E-state index in [2.05, 4.69) is 6.07 Å². The summed E-state index contributed by atoms with van der Waals surface area (Å²) < 4.78 is 0. The summed E-state index contributed by atoms with van der Waals surface area (Å²) in [6.45, 7) is 2.95. The van der Waals surface area contributed by atoms with E-state index in [1.165, 1.54) is 0 Å². The van der Waals surface area contributed by atoms with Crippen LogP contribution in [0.3, 0.4) is 0 Å². The molecule has 1 aliphatic rings. The third-order valence-corrected chi connectivity index (χ3v) is 2.41. The van der Waals surface area contributed by atoms with Gasteiger partial charge in [-0.1, -0.05) is 0 Å². The van der Waals surface area contributed by atoms with E-state index in [0.29, 0.717) is 25.9 Å². The molecule has 4 heteroatoms. The lowest BCUT2D eigenvalue weighted by Gasteiger charge is -2.26. The molecule has 14 heavy (non-hydrogen) atoms. The zero-order valence-electron chi connectivity index (χ0n) is 8.32. The number of likely N-dealkylation sites (tertiary alicyclic amines) is 1. The van der Waals surface area contributed by atoms with E-state index in [1.54, 1.807) is 4.90 Å². The molecule has 1 saturated heterocycles. The van der Waals surface area contributed by atoms with Crippen molar-refractivity contribution in [2.45, 2.75) is 26.2 Å². The molecule has 0 spiro atoms. The Labute approximate surface area is 83.5 Å². The number of rotatable bonds is 3. The fourth-order valence-corrected chi connectivity index (χ4v) is 1.40. The van der Waals surface area contributed by atoms with Gasteiger partial charge in [0.25, 0.3) is 0 Å². The average Bonchev–Trinajstić information content (AvgIpc) is 2.16. The van der Waals surface area contributed by atoms with Crippen molar-refractivity contribution in [2.75, 3.05) is 13.1 Å². The van der Waals surface area contributed by atoms with E-state index in [0.717, 1.165) is 0 Å². The van der Waals surface area contributed by atoms with E-state index < -0.39 is 0 Å². The number of carbonyl (C=O) groups excluding carboxylic acids is 2. The van der Waals surface area contributed by atoms with E-state index >= 15 is 0 Å². The highest BCUT2D eigenvalue weighted by Gasteiger charge is 2.23. The van der Waals surface area contributed by atoms with Crippen LogP contribution < -0.4 is 0 Å². The van der Waals surface area contributed by atoms with Gasteiger partial charge in [0.05, 0.1) is 12.5 Å². The number of piperidine rings is 1. The van der Waals surface area contributed by atoms with E-state index in [1.807, 2.05) is 6.92 Å². The summed E-state index contributed by atoms with van der Waals surface area (Å²) in [6.07, 6.45) is 1.20. The van der Waals surface area contributed by atoms with Gasteiger partial charge in [0.2, 0.25) is 5.91 Å². The fraction of sp³-hybridized carbons (Fsp3) is 0.700. The molecule has 0 aromatic heterocycles. The number of Topliss-reactive ketones (excluding diaryl/α,β-unsaturated/α-hetero) is 1. The summed E-state index contributed by atoms with van der Waals surface area (Å²) in [6, 6.07) is 2.12. The van der Waals surface area contributed by atoms with Gasteiger partial charge in [0.15, 0.2) is 0 Å². The summed E-state index contributed by atoms with van der Waals surface area (Å²) in [4.78, 5) is 23.9. The maximum atomic E-state index is 11.3. The number of hydrogen-bond acceptors (Lipinski definition) is 3. The predicted molar refractivity (Wildman–Crippen MR) is 50.2 cm³/mol. The number of amides is 1. The molecule has 0 bridgehead atoms. The SMILES string of the molecule is CC(C#N)CCN1CCC(=O)CC1=O. The Balaban J connectivity index is 2.35. The van der Waals surface area contributed by atoms with Crippen LogP contribution in [0.25, 0.3) is 0 Å². The van der Waals surface area contributed by atoms with Crippen molar-refractivity contribution in [1.29, 1.82) is 5.26 Å². The van der Waals surface area contributed by atoms with Crippen molar-refractivity contribution in [3.8, 4) is 6.07 Å². The molecule has 1 fully saturated rings. The van der Waals surface area contributed by atoms with Gasteiger partial charge in [0, 0.05) is 25.4 Å². The Morgan fingerprint density at radius 1 is 1.57 bits per heavy atom. The molecule has 1 rings (SSSR count). The minimum atomic E-state index is -0.0913. The molecular weight excluding hydrogens is 180 g/mol. The lowest BCUT2D eigenvalue weighted by atomic mass is 10.1. The van der Waals surface area contributed by atoms with Crippen molar-refractivity contribution in [3.63, 3.8) is 0 Å². The lowest BCUT2D eigenvalue weighted by molar-refractivity contribution is -0.139. The minimum Gasteiger partial charge on any atom is -0.342 e. The standard InChI is InChI=1S/C10H14N2O2/c1-8(7-11)2-4-12-5-3-9(13)6-10(12)14/h8H,2-6H2,1H3. The van der Waals surface area contributed by atoms with Gasteiger partial charge in [-0.25, -0.2) is 0 Å². The molecule has 1 unspecified atom stereocenters. The molecule has 0 N–H and O–H groups in total. The lowest BCUT2D eigenvalue weighted by Crippen LogP contribution is -2.39. The topological polar surface area (TPSA) is 61.2 Å². The molecule has 1 heterocycles. The summed E-state index contributed by atoms with van der Waals surface area (Å²) in [5.74, 6) is -0.0913. The summed E-state index contributed by atoms with van der Waals surface area (Å²) >= 11 is 0. The number of hydrogen-bond donors (Lipinski definition) is 0. The molecule has 0 aromatic carbocycles. The van der Waals surface area contributed by atoms with Gasteiger partial charge >= 0.3 is 0 Å². The first kappa shape index (κ1) is 10.7. The van der Waals surface area contributed by atoms with Crippen LogP contribution in [-0.2, 0) is 9.59 Å². The Bertz CT molecular complexity index is 280. The molecule has 0 radical (unpaired) electrons. The van der Waals surface area contributed by atoms with Crippen LogP contribution in [-0.4, -0.2) is 29.7 Å². The van der Waals surface area contributed by atoms with Gasteiger partial charge in [-0.15, -0.1) is 0 Å². The number of nitriles is 1. The second kappa shape index (κ2) is 4.75. The zero-order chi connectivity index (χ0) is 10.6. The van der Waals surface area contributed by atoms with E-state index in [4.69, 9.17) is 5.26 Å². The van der Waals surface area contributed by atoms with Gasteiger partial charge in [-0.2, -0.15) is 5.26 Å². The van der Waals surface area contributed by atoms with Gasteiger partial charge in [-0.3, -0.25) is 9.59 Å². The Kier molecular flexibility index (Phi) is 3.63. The monoisotopic (exact) mass is 194 g/mol. The smallest absolute Gasteiger partial charge is 0.230 e. The fourth-order valence-electron chi connectivity index (χ4n) is 1.40. The minimum absolute atomic E-state index is 0.0274. The second-order valence-corrected chi connectivity index (χ2v) is 3.67. The Morgan fingerprint density at radius 3 is 2.86 bits per heavy atom. The Morgan fingerprint density at radius 2 is 2.29 bits per heavy atom. The van der Waals surface area contributed by atoms with Crippen LogP contribution in [0.1, 0.15) is 26.2 Å². The van der Waals surface area contributed by atoms with Crippen LogP contribution in [0.5, 0.6) is 0 Å². The Hall–Kier alpha value is -1.37. The molecule has 4 nitrogen and oxygen atoms in total. The van der Waals surface area contributed by atoms with Gasteiger partial charge < -0.3 is 4.90 Å². The third kappa shape index (κ3) is 2.84. The molecule has 0 aromatic rings. The van der Waals surface area contributed by atoms with Crippen LogP contribution in [0.2, 0.25) is 0 Å². The largest absolute Gasteiger partial charge is 0.342 e. The molecule has 1 aliphatic heterocycles. The van der Waals surface area contributed by atoms with Crippen molar-refractivity contribution in [2.24, 2.45) is 5.92 Å². The summed E-state index contributed by atoms with van der Waals surface area (Å²) in [5.41, 5.74) is 0. The quantitative estimate of drug-likeness (QED) is 0.622. The first-order valence-electron chi connectivity index (χ1n) is 4.82. The molecule has 1 atom stereocenters. The zero-order valence-corrected chi connectivity index (χ0v) is 8.32. The molecule has 0 saturated carbocycles. The highest BCUT2D eigenvalue weighted by atomic mass is 16.2. The van der Waals surface area contributed by atoms with Gasteiger partial charge in [0.1, 0.15) is 5.78 Å². The highest BCUT2D eigenvalue weighted by molar-refractivity contribution is 6.00. The van der Waals surface area contributed by atoms with Crippen LogP contribution in [0.4, 0.5) is 0 Å².